The number of nitrogens with one attached hydrogen (secondary N) is 1. The summed E-state index contributed by atoms with van der Waals surface area (Å²) in [6, 6.07) is 15.4. The minimum absolute atomic E-state index is 0. The lowest BCUT2D eigenvalue weighted by molar-refractivity contribution is 0.0951. The number of benzene rings is 2. The third-order valence-corrected chi connectivity index (χ3v) is 4.21. The molecule has 0 saturated carbocycles. The van der Waals surface area contributed by atoms with Gasteiger partial charge in [0.25, 0.3) is 5.91 Å². The summed E-state index contributed by atoms with van der Waals surface area (Å²) in [7, 11) is 0. The average Bonchev–Trinajstić information content (AvgIpc) is 3.41. The highest BCUT2D eigenvalue weighted by atomic mass is 35.5. The Kier molecular flexibility index (Phi) is 6.18. The molecular formula is C20H19ClN6O. The number of carbonyl (C=O) groups excluding carboxylic acids is 1. The fraction of sp³-hybridized carbons (Fsp3) is 0.100. The Morgan fingerprint density at radius 1 is 1.04 bits per heavy atom. The summed E-state index contributed by atoms with van der Waals surface area (Å²) in [5, 5.41) is 7.09. The molecule has 28 heavy (non-hydrogen) atoms. The number of imidazole rings is 1. The van der Waals surface area contributed by atoms with E-state index >= 15 is 0 Å². The number of halogens is 1. The first kappa shape index (κ1) is 19.3. The van der Waals surface area contributed by atoms with E-state index in [1.807, 2.05) is 59.3 Å². The van der Waals surface area contributed by atoms with Crippen LogP contribution < -0.4 is 5.32 Å². The third kappa shape index (κ3) is 4.44. The summed E-state index contributed by atoms with van der Waals surface area (Å²) in [5.41, 5.74) is 3.62. The number of nitrogens with zero attached hydrogens (tertiary/aromatic N) is 5. The molecule has 0 saturated heterocycles. The van der Waals surface area contributed by atoms with Crippen LogP contribution in [0.25, 0.3) is 5.69 Å². The van der Waals surface area contributed by atoms with Crippen LogP contribution in [0.4, 0.5) is 0 Å². The Morgan fingerprint density at radius 3 is 2.71 bits per heavy atom. The fourth-order valence-electron chi connectivity index (χ4n) is 2.90. The van der Waals surface area contributed by atoms with Gasteiger partial charge < -0.3 is 9.88 Å². The van der Waals surface area contributed by atoms with E-state index in [-0.39, 0.29) is 18.3 Å². The van der Waals surface area contributed by atoms with Crippen molar-refractivity contribution in [1.82, 2.24) is 29.6 Å². The predicted molar refractivity (Wildman–Crippen MR) is 108 cm³/mol. The molecule has 7 nitrogen and oxygen atoms in total. The van der Waals surface area contributed by atoms with Crippen LogP contribution in [0.3, 0.4) is 0 Å². The van der Waals surface area contributed by atoms with E-state index in [1.54, 1.807) is 23.5 Å². The number of rotatable bonds is 6. The van der Waals surface area contributed by atoms with E-state index in [1.165, 1.54) is 6.33 Å². The summed E-state index contributed by atoms with van der Waals surface area (Å²) in [4.78, 5) is 20.6. The Balaban J connectivity index is 0.00000225. The molecule has 4 rings (SSSR count). The molecule has 4 aromatic rings. The largest absolute Gasteiger partial charge is 0.348 e. The molecule has 2 aromatic heterocycles. The minimum Gasteiger partial charge on any atom is -0.348 e. The quantitative estimate of drug-likeness (QED) is 0.545. The van der Waals surface area contributed by atoms with Gasteiger partial charge in [-0.1, -0.05) is 30.3 Å². The normalized spacial score (nSPS) is 10.3. The predicted octanol–water partition coefficient (Wildman–Crippen LogP) is 2.86. The molecule has 1 N–H and O–H groups in total. The molecule has 142 valence electrons. The fourth-order valence-corrected chi connectivity index (χ4v) is 2.90. The Hall–Kier alpha value is -3.45. The maximum Gasteiger partial charge on any atom is 0.251 e. The summed E-state index contributed by atoms with van der Waals surface area (Å²) >= 11 is 0. The van der Waals surface area contributed by atoms with E-state index in [4.69, 9.17) is 0 Å². The summed E-state index contributed by atoms with van der Waals surface area (Å²) < 4.78 is 3.65. The molecule has 0 aliphatic heterocycles. The molecule has 0 unspecified atom stereocenters. The van der Waals surface area contributed by atoms with Crippen LogP contribution in [0.1, 0.15) is 21.5 Å². The topological polar surface area (TPSA) is 77.6 Å². The third-order valence-electron chi connectivity index (χ3n) is 4.21. The second-order valence-corrected chi connectivity index (χ2v) is 6.07. The molecule has 2 heterocycles. The first-order valence-electron chi connectivity index (χ1n) is 8.55. The zero-order valence-corrected chi connectivity index (χ0v) is 15.8. The van der Waals surface area contributed by atoms with Gasteiger partial charge in [-0.25, -0.2) is 14.6 Å². The molecule has 0 spiro atoms. The summed E-state index contributed by atoms with van der Waals surface area (Å²) in [6.07, 6.45) is 8.51. The Labute approximate surface area is 168 Å². The number of hydrogen-bond acceptors (Lipinski definition) is 4. The van der Waals surface area contributed by atoms with Gasteiger partial charge in [0.2, 0.25) is 0 Å². The van der Waals surface area contributed by atoms with E-state index in [0.29, 0.717) is 18.7 Å². The molecule has 0 fully saturated rings. The van der Waals surface area contributed by atoms with Crippen molar-refractivity contribution in [1.29, 1.82) is 0 Å². The Bertz CT molecular complexity index is 1030. The van der Waals surface area contributed by atoms with Gasteiger partial charge in [-0.05, 0) is 29.3 Å². The van der Waals surface area contributed by atoms with E-state index in [0.717, 1.165) is 16.8 Å². The van der Waals surface area contributed by atoms with Crippen molar-refractivity contribution in [3.8, 4) is 5.69 Å². The monoisotopic (exact) mass is 394 g/mol. The molecule has 2 aromatic carbocycles. The molecule has 0 aliphatic carbocycles. The van der Waals surface area contributed by atoms with E-state index in [9.17, 15) is 4.79 Å². The van der Waals surface area contributed by atoms with Crippen LogP contribution in [0.2, 0.25) is 0 Å². The van der Waals surface area contributed by atoms with Gasteiger partial charge >= 0.3 is 0 Å². The molecule has 0 radical (unpaired) electrons. The van der Waals surface area contributed by atoms with Crippen molar-refractivity contribution in [2.24, 2.45) is 0 Å². The van der Waals surface area contributed by atoms with Crippen LogP contribution >= 0.6 is 12.4 Å². The summed E-state index contributed by atoms with van der Waals surface area (Å²) in [5.74, 6) is -0.115. The molecule has 0 bridgehead atoms. The van der Waals surface area contributed by atoms with Gasteiger partial charge in [-0.15, -0.1) is 12.4 Å². The number of hydrogen-bond donors (Lipinski definition) is 1. The van der Waals surface area contributed by atoms with Gasteiger partial charge in [0.05, 0.1) is 18.6 Å². The van der Waals surface area contributed by atoms with Crippen LogP contribution in [0.15, 0.2) is 79.9 Å². The zero-order valence-electron chi connectivity index (χ0n) is 15.0. The highest BCUT2D eigenvalue weighted by molar-refractivity contribution is 5.94. The second kappa shape index (κ2) is 8.96. The summed E-state index contributed by atoms with van der Waals surface area (Å²) in [6.45, 7) is 1.01. The standard InChI is InChI=1S/C20H18N6O.ClH/c27-20(17-6-3-4-16(10-17)12-26-15-22-13-24-26)23-11-18-5-1-2-7-19(18)25-9-8-21-14-25;/h1-10,13-15H,11-12H2,(H,23,27);1H. The van der Waals surface area contributed by atoms with Crippen molar-refractivity contribution in [2.45, 2.75) is 13.1 Å². The lowest BCUT2D eigenvalue weighted by Crippen LogP contribution is -2.23. The molecular weight excluding hydrogens is 376 g/mol. The zero-order chi connectivity index (χ0) is 18.5. The highest BCUT2D eigenvalue weighted by Crippen LogP contribution is 2.14. The second-order valence-electron chi connectivity index (χ2n) is 6.07. The lowest BCUT2D eigenvalue weighted by Gasteiger charge is -2.12. The van der Waals surface area contributed by atoms with Crippen LogP contribution in [0, 0.1) is 0 Å². The van der Waals surface area contributed by atoms with E-state index in [2.05, 4.69) is 20.4 Å². The van der Waals surface area contributed by atoms with Crippen molar-refractivity contribution < 1.29 is 4.79 Å². The molecule has 0 atom stereocenters. The van der Waals surface area contributed by atoms with Gasteiger partial charge in [-0.3, -0.25) is 4.79 Å². The number of amides is 1. The maximum atomic E-state index is 12.6. The highest BCUT2D eigenvalue weighted by Gasteiger charge is 2.09. The van der Waals surface area contributed by atoms with Crippen molar-refractivity contribution >= 4 is 18.3 Å². The van der Waals surface area contributed by atoms with Crippen LogP contribution in [-0.4, -0.2) is 30.2 Å². The SMILES string of the molecule is Cl.O=C(NCc1ccccc1-n1ccnc1)c1cccc(Cn2cncn2)c1. The number of aromatic nitrogens is 5. The maximum absolute atomic E-state index is 12.6. The molecule has 1 amide bonds. The van der Waals surface area contributed by atoms with Gasteiger partial charge in [0.1, 0.15) is 12.7 Å². The van der Waals surface area contributed by atoms with Crippen molar-refractivity contribution in [3.05, 3.63) is 96.6 Å². The first-order chi connectivity index (χ1) is 13.3. The Morgan fingerprint density at radius 2 is 1.93 bits per heavy atom. The van der Waals surface area contributed by atoms with Crippen molar-refractivity contribution in [2.75, 3.05) is 0 Å². The van der Waals surface area contributed by atoms with Gasteiger partial charge in [0.15, 0.2) is 0 Å². The first-order valence-corrected chi connectivity index (χ1v) is 8.55. The lowest BCUT2D eigenvalue weighted by atomic mass is 10.1. The minimum atomic E-state index is -0.115. The molecule has 8 heteroatoms. The molecule has 0 aliphatic rings. The van der Waals surface area contributed by atoms with Crippen molar-refractivity contribution in [3.63, 3.8) is 0 Å². The van der Waals surface area contributed by atoms with Gasteiger partial charge in [0, 0.05) is 24.5 Å². The smallest absolute Gasteiger partial charge is 0.251 e. The number of para-hydroxylation sites is 1. The van der Waals surface area contributed by atoms with Gasteiger partial charge in [-0.2, -0.15) is 5.10 Å². The average molecular weight is 395 g/mol. The number of carbonyl (C=O) groups is 1. The van der Waals surface area contributed by atoms with Crippen LogP contribution in [-0.2, 0) is 13.1 Å². The van der Waals surface area contributed by atoms with E-state index < -0.39 is 0 Å². The van der Waals surface area contributed by atoms with Crippen LogP contribution in [0.5, 0.6) is 0 Å².